The summed E-state index contributed by atoms with van der Waals surface area (Å²) in [7, 11) is 0. The summed E-state index contributed by atoms with van der Waals surface area (Å²) in [5, 5.41) is 10.4. The summed E-state index contributed by atoms with van der Waals surface area (Å²) in [5.74, 6) is -0.0851. The minimum Gasteiger partial charge on any atom is -0.493 e. The number of aromatic nitrogens is 1. The Hall–Kier alpha value is -3.38. The first-order valence-electron chi connectivity index (χ1n) is 10.8. The monoisotopic (exact) mass is 461 g/mol. The summed E-state index contributed by atoms with van der Waals surface area (Å²) in [5.41, 5.74) is 3.19. The second-order valence-electron chi connectivity index (χ2n) is 8.24. The van der Waals surface area contributed by atoms with E-state index in [1.54, 1.807) is 13.8 Å². The number of aliphatic carboxylic acids is 1. The summed E-state index contributed by atoms with van der Waals surface area (Å²) in [6.07, 6.45) is 0.687. The maximum absolute atomic E-state index is 11.3. The van der Waals surface area contributed by atoms with E-state index in [4.69, 9.17) is 9.57 Å². The number of fused-ring (bicyclic) bond motifs is 1. The molecule has 0 amide bonds. The molecule has 0 fully saturated rings. The Morgan fingerprint density at radius 2 is 1.67 bits per heavy atom. The van der Waals surface area contributed by atoms with Crippen LogP contribution in [0.4, 0.5) is 0 Å². The molecule has 0 bridgehead atoms. The van der Waals surface area contributed by atoms with Crippen molar-refractivity contribution in [2.45, 2.75) is 36.5 Å². The highest BCUT2D eigenvalue weighted by Crippen LogP contribution is 2.33. The Morgan fingerprint density at radius 1 is 0.970 bits per heavy atom. The number of carboxylic acids is 1. The van der Waals surface area contributed by atoms with E-state index >= 15 is 0 Å². The smallest absolute Gasteiger partial charge is 0.319 e. The number of hydrogen-bond acceptors (Lipinski definition) is 4. The number of thioether (sulfide) groups is 1. The van der Waals surface area contributed by atoms with Gasteiger partial charge in [0, 0.05) is 16.7 Å². The number of hydrogen-bond donors (Lipinski definition) is 1. The molecule has 0 atom stereocenters. The van der Waals surface area contributed by atoms with Crippen LogP contribution in [0.1, 0.15) is 25.1 Å². The van der Waals surface area contributed by atoms with Crippen LogP contribution in [-0.4, -0.2) is 27.2 Å². The van der Waals surface area contributed by atoms with E-state index in [0.29, 0.717) is 19.6 Å². The highest BCUT2D eigenvalue weighted by Gasteiger charge is 2.28. The van der Waals surface area contributed by atoms with Crippen LogP contribution in [-0.2, 0) is 17.8 Å². The number of rotatable bonds is 10. The fraction of sp³-hybridized carbons (Fsp3) is 0.222. The molecule has 1 aromatic heterocycles. The van der Waals surface area contributed by atoms with E-state index in [2.05, 4.69) is 18.2 Å². The predicted molar refractivity (Wildman–Crippen MR) is 132 cm³/mol. The molecule has 0 unspecified atom stereocenters. The molecule has 0 saturated carbocycles. The third kappa shape index (κ3) is 5.71. The van der Waals surface area contributed by atoms with Crippen molar-refractivity contribution in [1.29, 1.82) is 0 Å². The summed E-state index contributed by atoms with van der Waals surface area (Å²) in [6, 6.07) is 28.0. The Morgan fingerprint density at radius 3 is 2.39 bits per heavy atom. The van der Waals surface area contributed by atoms with Gasteiger partial charge in [-0.25, -0.2) is 0 Å². The molecule has 0 radical (unpaired) electrons. The number of carboxylic acid groups (broad SMARTS) is 1. The minimum atomic E-state index is -0.879. The molecule has 0 aliphatic carbocycles. The average Bonchev–Trinajstić information content (AvgIpc) is 3.16. The van der Waals surface area contributed by atoms with Crippen molar-refractivity contribution in [1.82, 2.24) is 4.73 Å². The molecular weight excluding hydrogens is 434 g/mol. The van der Waals surface area contributed by atoms with Crippen LogP contribution in [0.2, 0.25) is 0 Å². The summed E-state index contributed by atoms with van der Waals surface area (Å²) in [4.78, 5) is 18.4. The molecule has 5 nitrogen and oxygen atoms in total. The van der Waals surface area contributed by atoms with Gasteiger partial charge in [-0.3, -0.25) is 4.79 Å². The third-order valence-electron chi connectivity index (χ3n) is 5.28. The van der Waals surface area contributed by atoms with Gasteiger partial charge in [0.1, 0.15) is 17.1 Å². The SMILES string of the molecule is CC(C)(Sc1ccc(OCCc2cc3ccccc3n2OCc2ccccc2)cc1)C(=O)O. The van der Waals surface area contributed by atoms with Crippen LogP contribution < -0.4 is 9.57 Å². The summed E-state index contributed by atoms with van der Waals surface area (Å²) < 4.78 is 6.98. The van der Waals surface area contributed by atoms with Gasteiger partial charge in [-0.15, -0.1) is 11.8 Å². The van der Waals surface area contributed by atoms with Crippen molar-refractivity contribution in [2.75, 3.05) is 6.61 Å². The Balaban J connectivity index is 1.40. The molecule has 0 saturated heterocycles. The lowest BCUT2D eigenvalue weighted by molar-refractivity contribution is -0.138. The van der Waals surface area contributed by atoms with E-state index in [1.165, 1.54) is 11.8 Å². The number of benzene rings is 3. The van der Waals surface area contributed by atoms with E-state index in [0.717, 1.165) is 32.8 Å². The molecular formula is C27H27NO4S. The first kappa shape index (κ1) is 22.8. The van der Waals surface area contributed by atoms with Crippen molar-refractivity contribution >= 4 is 28.6 Å². The van der Waals surface area contributed by atoms with Crippen LogP contribution in [0.5, 0.6) is 5.75 Å². The topological polar surface area (TPSA) is 60.7 Å². The number of nitrogens with zero attached hydrogens (tertiary/aromatic N) is 1. The van der Waals surface area contributed by atoms with E-state index in [1.807, 2.05) is 71.5 Å². The van der Waals surface area contributed by atoms with Gasteiger partial charge in [0.05, 0.1) is 17.8 Å². The predicted octanol–water partition coefficient (Wildman–Crippen LogP) is 5.85. The number of carbonyl (C=O) groups is 1. The standard InChI is InChI=1S/C27H27NO4S/c1-27(2,26(29)30)33-24-14-12-23(13-15-24)31-17-16-22-18-21-10-6-7-11-25(21)28(22)32-19-20-8-4-3-5-9-20/h3-15,18H,16-17,19H2,1-2H3,(H,29,30). The molecule has 4 aromatic rings. The summed E-state index contributed by atoms with van der Waals surface area (Å²) in [6.45, 7) is 4.38. The molecule has 33 heavy (non-hydrogen) atoms. The van der Waals surface area contributed by atoms with Crippen molar-refractivity contribution in [2.24, 2.45) is 0 Å². The first-order valence-corrected chi connectivity index (χ1v) is 11.7. The zero-order valence-corrected chi connectivity index (χ0v) is 19.5. The minimum absolute atomic E-state index is 0.485. The van der Waals surface area contributed by atoms with Gasteiger partial charge in [-0.05, 0) is 55.8 Å². The van der Waals surface area contributed by atoms with E-state index in [-0.39, 0.29) is 0 Å². The highest BCUT2D eigenvalue weighted by molar-refractivity contribution is 8.01. The maximum Gasteiger partial charge on any atom is 0.319 e. The van der Waals surface area contributed by atoms with Gasteiger partial charge >= 0.3 is 5.97 Å². The van der Waals surface area contributed by atoms with Gasteiger partial charge in [0.15, 0.2) is 0 Å². The van der Waals surface area contributed by atoms with Crippen molar-refractivity contribution in [3.8, 4) is 5.75 Å². The average molecular weight is 462 g/mol. The van der Waals surface area contributed by atoms with Crippen molar-refractivity contribution in [3.63, 3.8) is 0 Å². The van der Waals surface area contributed by atoms with Crippen LogP contribution in [0, 0.1) is 0 Å². The molecule has 0 aliphatic rings. The molecule has 3 aromatic carbocycles. The Kier molecular flexibility index (Phi) is 6.94. The lowest BCUT2D eigenvalue weighted by Gasteiger charge is -2.18. The van der Waals surface area contributed by atoms with E-state index < -0.39 is 10.7 Å². The van der Waals surface area contributed by atoms with Crippen LogP contribution in [0.15, 0.2) is 89.8 Å². The highest BCUT2D eigenvalue weighted by atomic mass is 32.2. The van der Waals surface area contributed by atoms with Gasteiger partial charge < -0.3 is 14.7 Å². The molecule has 4 rings (SSSR count). The number of para-hydroxylation sites is 1. The Labute approximate surface area is 197 Å². The fourth-order valence-electron chi connectivity index (χ4n) is 3.44. The lowest BCUT2D eigenvalue weighted by Crippen LogP contribution is -2.26. The molecule has 6 heteroatoms. The quantitative estimate of drug-likeness (QED) is 0.300. The van der Waals surface area contributed by atoms with E-state index in [9.17, 15) is 9.90 Å². The zero-order chi connectivity index (χ0) is 23.3. The first-order chi connectivity index (χ1) is 15.9. The normalized spacial score (nSPS) is 11.5. The molecule has 170 valence electrons. The van der Waals surface area contributed by atoms with Gasteiger partial charge in [-0.2, -0.15) is 4.73 Å². The lowest BCUT2D eigenvalue weighted by atomic mass is 10.2. The van der Waals surface area contributed by atoms with Crippen LogP contribution in [0.25, 0.3) is 10.9 Å². The van der Waals surface area contributed by atoms with Gasteiger partial charge in [0.25, 0.3) is 0 Å². The molecule has 0 aliphatic heterocycles. The molecule has 1 N–H and O–H groups in total. The van der Waals surface area contributed by atoms with Gasteiger partial charge in [-0.1, -0.05) is 48.5 Å². The maximum atomic E-state index is 11.3. The van der Waals surface area contributed by atoms with Crippen molar-refractivity contribution in [3.05, 3.63) is 96.2 Å². The number of ether oxygens (including phenoxy) is 1. The van der Waals surface area contributed by atoms with Gasteiger partial charge in [0.2, 0.25) is 0 Å². The molecule has 1 heterocycles. The van der Waals surface area contributed by atoms with Crippen molar-refractivity contribution < 1.29 is 19.5 Å². The van der Waals surface area contributed by atoms with Crippen LogP contribution in [0.3, 0.4) is 0 Å². The molecule has 0 spiro atoms. The third-order valence-corrected chi connectivity index (χ3v) is 6.47. The zero-order valence-electron chi connectivity index (χ0n) is 18.7. The van der Waals surface area contributed by atoms with Crippen LogP contribution >= 0.6 is 11.8 Å². The Bertz CT molecular complexity index is 1220. The fourth-order valence-corrected chi connectivity index (χ4v) is 4.39. The summed E-state index contributed by atoms with van der Waals surface area (Å²) >= 11 is 1.32. The largest absolute Gasteiger partial charge is 0.493 e. The second kappa shape index (κ2) is 10.0. The second-order valence-corrected chi connectivity index (χ2v) is 9.93.